The van der Waals surface area contributed by atoms with Gasteiger partial charge in [0.15, 0.2) is 0 Å². The van der Waals surface area contributed by atoms with Gasteiger partial charge in [-0.25, -0.2) is 4.39 Å². The standard InChI is InChI=1S/C15H23ClFN/c1-4-8-18-9-7-15(2,3)11-12-5-6-13(17)10-14(12)16/h5-6,10,18H,4,7-9,11H2,1-3H3. The Morgan fingerprint density at radius 1 is 1.28 bits per heavy atom. The fourth-order valence-corrected chi connectivity index (χ4v) is 2.23. The minimum absolute atomic E-state index is 0.169. The summed E-state index contributed by atoms with van der Waals surface area (Å²) < 4.78 is 13.0. The van der Waals surface area contributed by atoms with Gasteiger partial charge >= 0.3 is 0 Å². The van der Waals surface area contributed by atoms with E-state index in [2.05, 4.69) is 26.1 Å². The molecule has 0 aliphatic heterocycles. The summed E-state index contributed by atoms with van der Waals surface area (Å²) in [6.45, 7) is 8.68. The third-order valence-corrected chi connectivity index (χ3v) is 3.44. The Labute approximate surface area is 115 Å². The predicted molar refractivity (Wildman–Crippen MR) is 76.7 cm³/mol. The third-order valence-electron chi connectivity index (χ3n) is 3.09. The number of hydrogen-bond donors (Lipinski definition) is 1. The highest BCUT2D eigenvalue weighted by Crippen LogP contribution is 2.29. The maximum Gasteiger partial charge on any atom is 0.124 e. The minimum Gasteiger partial charge on any atom is -0.317 e. The van der Waals surface area contributed by atoms with Crippen LogP contribution in [0.25, 0.3) is 0 Å². The van der Waals surface area contributed by atoms with Gasteiger partial charge in [0.2, 0.25) is 0 Å². The van der Waals surface area contributed by atoms with Crippen molar-refractivity contribution in [2.45, 2.75) is 40.0 Å². The van der Waals surface area contributed by atoms with Crippen LogP contribution in [0.2, 0.25) is 5.02 Å². The van der Waals surface area contributed by atoms with Crippen LogP contribution in [0.1, 0.15) is 39.2 Å². The Balaban J connectivity index is 2.53. The first-order valence-corrected chi connectivity index (χ1v) is 6.97. The Hall–Kier alpha value is -0.600. The lowest BCUT2D eigenvalue weighted by molar-refractivity contribution is 0.325. The van der Waals surface area contributed by atoms with Crippen molar-refractivity contribution < 1.29 is 4.39 Å². The van der Waals surface area contributed by atoms with E-state index in [0.29, 0.717) is 5.02 Å². The highest BCUT2D eigenvalue weighted by Gasteiger charge is 2.19. The summed E-state index contributed by atoms with van der Waals surface area (Å²) in [6, 6.07) is 4.66. The quantitative estimate of drug-likeness (QED) is 0.723. The minimum atomic E-state index is -0.272. The third kappa shape index (κ3) is 5.36. The number of halogens is 2. The van der Waals surface area contributed by atoms with Gasteiger partial charge in [-0.1, -0.05) is 38.4 Å². The van der Waals surface area contributed by atoms with E-state index in [0.717, 1.165) is 37.9 Å². The fourth-order valence-electron chi connectivity index (χ4n) is 2.00. The molecule has 0 saturated heterocycles. The van der Waals surface area contributed by atoms with E-state index in [1.807, 2.05) is 0 Å². The zero-order valence-corrected chi connectivity index (χ0v) is 12.3. The molecular formula is C15H23ClFN. The molecule has 0 atom stereocenters. The maximum atomic E-state index is 13.0. The normalized spacial score (nSPS) is 11.8. The van der Waals surface area contributed by atoms with Crippen molar-refractivity contribution in [3.05, 3.63) is 34.6 Å². The average molecular weight is 272 g/mol. The van der Waals surface area contributed by atoms with Crippen LogP contribution in [0, 0.1) is 11.2 Å². The van der Waals surface area contributed by atoms with E-state index in [4.69, 9.17) is 11.6 Å². The van der Waals surface area contributed by atoms with E-state index in [-0.39, 0.29) is 11.2 Å². The van der Waals surface area contributed by atoms with Gasteiger partial charge < -0.3 is 5.32 Å². The molecule has 0 aliphatic carbocycles. The lowest BCUT2D eigenvalue weighted by Gasteiger charge is -2.25. The van der Waals surface area contributed by atoms with E-state index in [1.54, 1.807) is 6.07 Å². The van der Waals surface area contributed by atoms with Crippen LogP contribution in [0.4, 0.5) is 4.39 Å². The first-order valence-electron chi connectivity index (χ1n) is 6.59. The monoisotopic (exact) mass is 271 g/mol. The molecule has 0 amide bonds. The van der Waals surface area contributed by atoms with Crippen molar-refractivity contribution in [3.63, 3.8) is 0 Å². The molecule has 0 fully saturated rings. The molecule has 1 N–H and O–H groups in total. The Morgan fingerprint density at radius 3 is 2.61 bits per heavy atom. The number of benzene rings is 1. The largest absolute Gasteiger partial charge is 0.317 e. The molecule has 0 aromatic heterocycles. The summed E-state index contributed by atoms with van der Waals surface area (Å²) in [7, 11) is 0. The van der Waals surface area contributed by atoms with Crippen molar-refractivity contribution in [2.24, 2.45) is 5.41 Å². The van der Waals surface area contributed by atoms with Crippen molar-refractivity contribution in [3.8, 4) is 0 Å². The van der Waals surface area contributed by atoms with Crippen LogP contribution in [-0.2, 0) is 6.42 Å². The zero-order chi connectivity index (χ0) is 13.6. The van der Waals surface area contributed by atoms with E-state index < -0.39 is 0 Å². The molecular weight excluding hydrogens is 249 g/mol. The van der Waals surface area contributed by atoms with E-state index in [1.165, 1.54) is 12.1 Å². The van der Waals surface area contributed by atoms with Gasteiger partial charge in [-0.15, -0.1) is 0 Å². The Kier molecular flexibility index (Phi) is 6.10. The van der Waals surface area contributed by atoms with Crippen LogP contribution in [-0.4, -0.2) is 13.1 Å². The summed E-state index contributed by atoms with van der Waals surface area (Å²) in [4.78, 5) is 0. The molecule has 3 heteroatoms. The van der Waals surface area contributed by atoms with Gasteiger partial charge in [-0.3, -0.25) is 0 Å². The number of nitrogens with one attached hydrogen (secondary N) is 1. The smallest absolute Gasteiger partial charge is 0.124 e. The maximum absolute atomic E-state index is 13.0. The molecule has 1 rings (SSSR count). The van der Waals surface area contributed by atoms with Crippen LogP contribution in [0.5, 0.6) is 0 Å². The molecule has 18 heavy (non-hydrogen) atoms. The summed E-state index contributed by atoms with van der Waals surface area (Å²) in [5.74, 6) is -0.272. The van der Waals surface area contributed by atoms with Crippen LogP contribution < -0.4 is 5.32 Å². The Morgan fingerprint density at radius 2 is 2.00 bits per heavy atom. The number of hydrogen-bond acceptors (Lipinski definition) is 1. The molecule has 1 aromatic rings. The van der Waals surface area contributed by atoms with Crippen LogP contribution in [0.3, 0.4) is 0 Å². The highest BCUT2D eigenvalue weighted by molar-refractivity contribution is 6.31. The molecule has 0 radical (unpaired) electrons. The van der Waals surface area contributed by atoms with Crippen molar-refractivity contribution in [1.29, 1.82) is 0 Å². The van der Waals surface area contributed by atoms with Crippen LogP contribution in [0.15, 0.2) is 18.2 Å². The molecule has 0 unspecified atom stereocenters. The molecule has 102 valence electrons. The van der Waals surface area contributed by atoms with Gasteiger partial charge in [-0.05, 0) is 55.5 Å². The van der Waals surface area contributed by atoms with Crippen molar-refractivity contribution >= 4 is 11.6 Å². The second kappa shape index (κ2) is 7.10. The Bertz CT molecular complexity index is 377. The van der Waals surface area contributed by atoms with Gasteiger partial charge in [-0.2, -0.15) is 0 Å². The predicted octanol–water partition coefficient (Wildman–Crippen LogP) is 4.44. The van der Waals surface area contributed by atoms with Crippen LogP contribution >= 0.6 is 11.6 Å². The summed E-state index contributed by atoms with van der Waals surface area (Å²) >= 11 is 6.06. The molecule has 0 bridgehead atoms. The van der Waals surface area contributed by atoms with Gasteiger partial charge in [0, 0.05) is 5.02 Å². The second-order valence-electron chi connectivity index (χ2n) is 5.58. The van der Waals surface area contributed by atoms with Gasteiger partial charge in [0.05, 0.1) is 0 Å². The lowest BCUT2D eigenvalue weighted by atomic mass is 9.82. The van der Waals surface area contributed by atoms with Gasteiger partial charge in [0.25, 0.3) is 0 Å². The molecule has 0 spiro atoms. The van der Waals surface area contributed by atoms with E-state index >= 15 is 0 Å². The fraction of sp³-hybridized carbons (Fsp3) is 0.600. The molecule has 0 aliphatic rings. The zero-order valence-electron chi connectivity index (χ0n) is 11.5. The lowest BCUT2D eigenvalue weighted by Crippen LogP contribution is -2.24. The summed E-state index contributed by atoms with van der Waals surface area (Å²) in [6.07, 6.45) is 3.12. The van der Waals surface area contributed by atoms with Gasteiger partial charge in [0.1, 0.15) is 5.82 Å². The second-order valence-corrected chi connectivity index (χ2v) is 5.98. The van der Waals surface area contributed by atoms with E-state index in [9.17, 15) is 4.39 Å². The molecule has 0 heterocycles. The summed E-state index contributed by atoms with van der Waals surface area (Å²) in [5.41, 5.74) is 1.20. The first kappa shape index (κ1) is 15.5. The first-order chi connectivity index (χ1) is 8.44. The summed E-state index contributed by atoms with van der Waals surface area (Å²) in [5, 5.41) is 3.94. The van der Waals surface area contributed by atoms with Crippen molar-refractivity contribution in [2.75, 3.05) is 13.1 Å². The molecule has 1 nitrogen and oxygen atoms in total. The molecule has 0 saturated carbocycles. The highest BCUT2D eigenvalue weighted by atomic mass is 35.5. The van der Waals surface area contributed by atoms with Crippen molar-refractivity contribution in [1.82, 2.24) is 5.32 Å². The topological polar surface area (TPSA) is 12.0 Å². The molecule has 1 aromatic carbocycles. The average Bonchev–Trinajstić information content (AvgIpc) is 2.28. The number of rotatable bonds is 7. The SMILES string of the molecule is CCCNCCC(C)(C)Cc1ccc(F)cc1Cl.